The zero-order valence-corrected chi connectivity index (χ0v) is 24.2. The van der Waals surface area contributed by atoms with E-state index < -0.39 is 21.9 Å². The number of carbonyl (C=O) groups excluding carboxylic acids is 2. The molecule has 0 fully saturated rings. The first-order chi connectivity index (χ1) is 19.6. The van der Waals surface area contributed by atoms with Gasteiger partial charge in [0.25, 0.3) is 15.9 Å². The first-order valence-electron chi connectivity index (χ1n) is 11.6. The Kier molecular flexibility index (Phi) is 9.51. The third-order valence-corrected chi connectivity index (χ3v) is 7.64. The molecule has 0 saturated heterocycles. The summed E-state index contributed by atoms with van der Waals surface area (Å²) in [5.74, 6) is -0.819. The average molecular weight is 633 g/mol. The minimum absolute atomic E-state index is 0.0480. The van der Waals surface area contributed by atoms with Crippen molar-refractivity contribution in [2.24, 2.45) is 5.10 Å². The quantitative estimate of drug-likeness (QED) is 0.0948. The predicted octanol–water partition coefficient (Wildman–Crippen LogP) is 6.44. The summed E-state index contributed by atoms with van der Waals surface area (Å²) in [7, 11) is -2.42. The lowest BCUT2D eigenvalue weighted by Crippen LogP contribution is -2.18. The highest BCUT2D eigenvalue weighted by Crippen LogP contribution is 2.30. The first-order valence-corrected chi connectivity index (χ1v) is 14.2. The summed E-state index contributed by atoms with van der Waals surface area (Å²) in [5.41, 5.74) is 3.59. The number of sulfonamides is 1. The summed E-state index contributed by atoms with van der Waals surface area (Å²) in [6.45, 7) is 0. The summed E-state index contributed by atoms with van der Waals surface area (Å²) in [6, 6.07) is 20.6. The number of anilines is 1. The Balaban J connectivity index is 1.36. The Morgan fingerprint density at radius 1 is 0.829 bits per heavy atom. The molecule has 41 heavy (non-hydrogen) atoms. The van der Waals surface area contributed by atoms with Gasteiger partial charge in [0.05, 0.1) is 28.8 Å². The number of hydrazone groups is 1. The normalized spacial score (nSPS) is 11.2. The number of amides is 1. The molecule has 9 nitrogen and oxygen atoms in total. The summed E-state index contributed by atoms with van der Waals surface area (Å²) < 4.78 is 38.2. The number of carbonyl (C=O) groups is 2. The second-order valence-corrected chi connectivity index (χ2v) is 11.2. The van der Waals surface area contributed by atoms with Crippen molar-refractivity contribution in [3.63, 3.8) is 0 Å². The van der Waals surface area contributed by atoms with Gasteiger partial charge in [0, 0.05) is 21.3 Å². The number of nitrogens with zero attached hydrogens (tertiary/aromatic N) is 1. The smallest absolute Gasteiger partial charge is 0.345 e. The highest BCUT2D eigenvalue weighted by Gasteiger charge is 2.17. The standard InChI is InChI=1S/C28H20Cl3N3O6S/c1-39-26-14-17(2-13-25(26)40-28(36)23-12-7-20(30)15-24(23)31)16-32-33-27(35)18-3-8-21(9-4-18)34-41(37,38)22-10-5-19(29)6-11-22/h2-16,34H,1H3,(H,33,35). The van der Waals surface area contributed by atoms with E-state index in [1.165, 1.54) is 86.1 Å². The lowest BCUT2D eigenvalue weighted by Gasteiger charge is -2.11. The fourth-order valence-electron chi connectivity index (χ4n) is 3.41. The number of hydrogen-bond acceptors (Lipinski definition) is 7. The largest absolute Gasteiger partial charge is 0.493 e. The van der Waals surface area contributed by atoms with E-state index in [4.69, 9.17) is 44.3 Å². The molecule has 0 aliphatic carbocycles. The van der Waals surface area contributed by atoms with Gasteiger partial charge in [-0.2, -0.15) is 5.10 Å². The van der Waals surface area contributed by atoms with E-state index in [0.29, 0.717) is 15.6 Å². The molecule has 0 aliphatic rings. The third kappa shape index (κ3) is 7.77. The van der Waals surface area contributed by atoms with Crippen molar-refractivity contribution in [3.8, 4) is 11.5 Å². The van der Waals surface area contributed by atoms with Gasteiger partial charge in [0.15, 0.2) is 11.5 Å². The molecular weight excluding hydrogens is 613 g/mol. The van der Waals surface area contributed by atoms with Crippen LogP contribution in [0.15, 0.2) is 94.9 Å². The van der Waals surface area contributed by atoms with Crippen molar-refractivity contribution >= 4 is 68.6 Å². The number of hydrogen-bond donors (Lipinski definition) is 2. The van der Waals surface area contributed by atoms with Crippen molar-refractivity contribution in [2.45, 2.75) is 4.90 Å². The van der Waals surface area contributed by atoms with E-state index in [0.717, 1.165) is 0 Å². The molecule has 0 aromatic heterocycles. The number of rotatable bonds is 9. The Morgan fingerprint density at radius 3 is 2.17 bits per heavy atom. The lowest BCUT2D eigenvalue weighted by atomic mass is 10.2. The van der Waals surface area contributed by atoms with Crippen LogP contribution in [0, 0.1) is 0 Å². The van der Waals surface area contributed by atoms with Gasteiger partial charge in [-0.25, -0.2) is 18.6 Å². The van der Waals surface area contributed by atoms with Crippen LogP contribution in [-0.4, -0.2) is 33.6 Å². The molecule has 0 bridgehead atoms. The molecule has 0 atom stereocenters. The first kappa shape index (κ1) is 29.9. The molecule has 4 aromatic rings. The molecule has 0 heterocycles. The van der Waals surface area contributed by atoms with Crippen molar-refractivity contribution in [3.05, 3.63) is 117 Å². The van der Waals surface area contributed by atoms with E-state index >= 15 is 0 Å². The molecule has 0 spiro atoms. The van der Waals surface area contributed by atoms with E-state index in [1.807, 2.05) is 0 Å². The van der Waals surface area contributed by atoms with Gasteiger partial charge < -0.3 is 9.47 Å². The summed E-state index contributed by atoms with van der Waals surface area (Å²) in [4.78, 5) is 25.1. The molecule has 4 aromatic carbocycles. The molecule has 13 heteroatoms. The van der Waals surface area contributed by atoms with E-state index in [1.54, 1.807) is 12.1 Å². The highest BCUT2D eigenvalue weighted by atomic mass is 35.5. The van der Waals surface area contributed by atoms with Crippen LogP contribution >= 0.6 is 34.8 Å². The van der Waals surface area contributed by atoms with E-state index in [-0.39, 0.29) is 38.2 Å². The number of ether oxygens (including phenoxy) is 2. The molecule has 2 N–H and O–H groups in total. The maximum atomic E-state index is 12.5. The fourth-order valence-corrected chi connectivity index (χ4v) is 5.08. The zero-order valence-electron chi connectivity index (χ0n) is 21.1. The minimum atomic E-state index is -3.82. The van der Waals surface area contributed by atoms with Gasteiger partial charge in [-0.05, 0) is 90.5 Å². The summed E-state index contributed by atoms with van der Waals surface area (Å²) >= 11 is 17.8. The predicted molar refractivity (Wildman–Crippen MR) is 158 cm³/mol. The van der Waals surface area contributed by atoms with Crippen molar-refractivity contribution in [2.75, 3.05) is 11.8 Å². The van der Waals surface area contributed by atoms with Gasteiger partial charge in [0.1, 0.15) is 0 Å². The van der Waals surface area contributed by atoms with Crippen molar-refractivity contribution in [1.29, 1.82) is 0 Å². The van der Waals surface area contributed by atoms with Crippen molar-refractivity contribution in [1.82, 2.24) is 5.43 Å². The SMILES string of the molecule is COc1cc(C=NNC(=O)c2ccc(NS(=O)(=O)c3ccc(Cl)cc3)cc2)ccc1OC(=O)c1ccc(Cl)cc1Cl. The van der Waals surface area contributed by atoms with Crippen LogP contribution in [0.25, 0.3) is 0 Å². The van der Waals surface area contributed by atoms with Crippen LogP contribution in [0.3, 0.4) is 0 Å². The van der Waals surface area contributed by atoms with E-state index in [2.05, 4.69) is 15.2 Å². The third-order valence-electron chi connectivity index (χ3n) is 5.44. The second kappa shape index (κ2) is 13.0. The highest BCUT2D eigenvalue weighted by molar-refractivity contribution is 7.92. The summed E-state index contributed by atoms with van der Waals surface area (Å²) in [6.07, 6.45) is 1.37. The van der Waals surface area contributed by atoms with Gasteiger partial charge in [-0.15, -0.1) is 0 Å². The van der Waals surface area contributed by atoms with Crippen LogP contribution in [0.4, 0.5) is 5.69 Å². The molecule has 1 amide bonds. The Morgan fingerprint density at radius 2 is 1.51 bits per heavy atom. The monoisotopic (exact) mass is 631 g/mol. The molecule has 0 unspecified atom stereocenters. The van der Waals surface area contributed by atoms with Gasteiger partial charge in [-0.3, -0.25) is 9.52 Å². The number of methoxy groups -OCH3 is 1. The zero-order chi connectivity index (χ0) is 29.6. The van der Waals surface area contributed by atoms with Gasteiger partial charge in [-0.1, -0.05) is 34.8 Å². The Labute approximate surface area is 250 Å². The fraction of sp³-hybridized carbons (Fsp3) is 0.0357. The lowest BCUT2D eigenvalue weighted by molar-refractivity contribution is 0.0729. The molecule has 210 valence electrons. The van der Waals surface area contributed by atoms with E-state index in [9.17, 15) is 18.0 Å². The van der Waals surface area contributed by atoms with Crippen LogP contribution in [0.5, 0.6) is 11.5 Å². The number of halogens is 3. The number of benzene rings is 4. The number of esters is 1. The molecule has 4 rings (SSSR count). The second-order valence-electron chi connectivity index (χ2n) is 8.26. The van der Waals surface area contributed by atoms with Crippen LogP contribution in [0.2, 0.25) is 15.1 Å². The maximum Gasteiger partial charge on any atom is 0.345 e. The maximum absolute atomic E-state index is 12.5. The van der Waals surface area contributed by atoms with Crippen molar-refractivity contribution < 1.29 is 27.5 Å². The molecule has 0 saturated carbocycles. The minimum Gasteiger partial charge on any atom is -0.493 e. The number of nitrogens with one attached hydrogen (secondary N) is 2. The summed E-state index contributed by atoms with van der Waals surface area (Å²) in [5, 5.41) is 4.89. The van der Waals surface area contributed by atoms with Crippen LogP contribution < -0.4 is 19.6 Å². The topological polar surface area (TPSA) is 123 Å². The van der Waals surface area contributed by atoms with Crippen LogP contribution in [-0.2, 0) is 10.0 Å². The van der Waals surface area contributed by atoms with Gasteiger partial charge >= 0.3 is 5.97 Å². The molecule has 0 radical (unpaired) electrons. The molecule has 0 aliphatic heterocycles. The Hall–Kier alpha value is -4.09. The van der Waals surface area contributed by atoms with Gasteiger partial charge in [0.2, 0.25) is 0 Å². The van der Waals surface area contributed by atoms with Crippen LogP contribution in [0.1, 0.15) is 26.3 Å². The average Bonchev–Trinajstić information content (AvgIpc) is 2.94. The molecular formula is C28H20Cl3N3O6S. The Bertz CT molecular complexity index is 1730.